The van der Waals surface area contributed by atoms with Crippen molar-refractivity contribution in [3.8, 4) is 0 Å². The Morgan fingerprint density at radius 1 is 1.09 bits per heavy atom. The second-order valence-corrected chi connectivity index (χ2v) is 1.53. The van der Waals surface area contributed by atoms with Gasteiger partial charge in [-0.2, -0.15) is 36.4 Å². The summed E-state index contributed by atoms with van der Waals surface area (Å²) in [5.41, 5.74) is 8.94. The molecule has 0 radical (unpaired) electrons. The topological polar surface area (TPSA) is 75.9 Å². The summed E-state index contributed by atoms with van der Waals surface area (Å²) in [6, 6.07) is 12.5. The van der Waals surface area contributed by atoms with Gasteiger partial charge in [0.05, 0.1) is 0 Å². The van der Waals surface area contributed by atoms with Gasteiger partial charge in [0.1, 0.15) is 0 Å². The molecule has 1 aromatic rings. The average Bonchev–Trinajstić information content (AvgIpc) is 1.90. The molecule has 0 fully saturated rings. The maximum Gasteiger partial charge on any atom is 1.00 e. The smallest absolute Gasteiger partial charge is 0.370 e. The van der Waals surface area contributed by atoms with E-state index in [4.69, 9.17) is 5.41 Å². The Hall–Kier alpha value is -0.510. The summed E-state index contributed by atoms with van der Waals surface area (Å²) in [6.45, 7) is 0. The van der Waals surface area contributed by atoms with Gasteiger partial charge in [-0.05, 0) is 0 Å². The quantitative estimate of drug-likeness (QED) is 0.167. The van der Waals surface area contributed by atoms with Crippen LogP contribution < -0.4 is 41.0 Å². The van der Waals surface area contributed by atoms with Crippen molar-refractivity contribution in [2.45, 2.75) is 0 Å². The molecule has 3 nitrogen and oxygen atoms in total. The molecule has 0 aliphatic rings. The zero-order chi connectivity index (χ0) is 7.82. The van der Waals surface area contributed by atoms with Crippen LogP contribution in [-0.2, 0) is 0 Å². The molecule has 0 saturated carbocycles. The normalized spacial score (nSPS) is 6.55. The Kier molecular flexibility index (Phi) is 11.3. The molecule has 1 rings (SSSR count). The van der Waals surface area contributed by atoms with Crippen molar-refractivity contribution < 1.29 is 29.6 Å². The Morgan fingerprint density at radius 3 is 1.55 bits per heavy atom. The van der Waals surface area contributed by atoms with E-state index in [9.17, 15) is 0 Å². The fourth-order valence-corrected chi connectivity index (χ4v) is 0.342. The predicted octanol–water partition coefficient (Wildman–Crippen LogP) is -2.67. The van der Waals surface area contributed by atoms with Gasteiger partial charge in [0.15, 0.2) is 5.96 Å². The second-order valence-electron chi connectivity index (χ2n) is 1.53. The summed E-state index contributed by atoms with van der Waals surface area (Å²) in [7, 11) is 0. The summed E-state index contributed by atoms with van der Waals surface area (Å²) >= 11 is 0. The van der Waals surface area contributed by atoms with E-state index in [1.54, 1.807) is 0 Å². The molecule has 0 unspecified atom stereocenters. The van der Waals surface area contributed by atoms with Crippen molar-refractivity contribution in [1.82, 2.24) is 0 Å². The standard InChI is InChI=1S/C6H5.CH5N3.Na/c1-2-4-6-5-3-1;2-1(3)4;/h1-5H;(H5,2,3,4);/q-1;;+1. The number of rotatable bonds is 0. The zero-order valence-electron chi connectivity index (χ0n) is 6.54. The zero-order valence-corrected chi connectivity index (χ0v) is 8.54. The third-order valence-electron chi connectivity index (χ3n) is 0.607. The van der Waals surface area contributed by atoms with Crippen molar-refractivity contribution in [3.63, 3.8) is 0 Å². The molecule has 11 heavy (non-hydrogen) atoms. The van der Waals surface area contributed by atoms with Gasteiger partial charge in [-0.3, -0.25) is 5.41 Å². The molecule has 54 valence electrons. The molecule has 0 amide bonds. The molecule has 5 N–H and O–H groups in total. The van der Waals surface area contributed by atoms with E-state index in [2.05, 4.69) is 17.5 Å². The Bertz CT molecular complexity index is 146. The molecule has 0 saturated heterocycles. The predicted molar refractivity (Wildman–Crippen MR) is 41.4 cm³/mol. The van der Waals surface area contributed by atoms with E-state index in [0.29, 0.717) is 0 Å². The fraction of sp³-hybridized carbons (Fsp3) is 0. The van der Waals surface area contributed by atoms with Crippen LogP contribution in [0.4, 0.5) is 0 Å². The van der Waals surface area contributed by atoms with Gasteiger partial charge in [-0.15, -0.1) is 0 Å². The van der Waals surface area contributed by atoms with Crippen molar-refractivity contribution in [3.05, 3.63) is 36.4 Å². The summed E-state index contributed by atoms with van der Waals surface area (Å²) in [4.78, 5) is 0. The van der Waals surface area contributed by atoms with E-state index in [1.165, 1.54) is 0 Å². The van der Waals surface area contributed by atoms with E-state index in [1.807, 2.05) is 30.3 Å². The van der Waals surface area contributed by atoms with Gasteiger partial charge >= 0.3 is 29.6 Å². The van der Waals surface area contributed by atoms with Crippen molar-refractivity contribution in [2.24, 2.45) is 11.5 Å². The van der Waals surface area contributed by atoms with Crippen LogP contribution in [0.15, 0.2) is 30.3 Å². The van der Waals surface area contributed by atoms with Crippen molar-refractivity contribution in [2.75, 3.05) is 0 Å². The number of hydrogen-bond acceptors (Lipinski definition) is 1. The van der Waals surface area contributed by atoms with E-state index < -0.39 is 0 Å². The first kappa shape index (κ1) is 13.1. The van der Waals surface area contributed by atoms with Crippen LogP contribution in [0.2, 0.25) is 0 Å². The molecule has 0 heterocycles. The average molecular weight is 159 g/mol. The van der Waals surface area contributed by atoms with Gasteiger partial charge in [-0.1, -0.05) is 0 Å². The number of guanidine groups is 1. The summed E-state index contributed by atoms with van der Waals surface area (Å²) < 4.78 is 0. The molecule has 0 spiro atoms. The molecule has 0 aliphatic heterocycles. The van der Waals surface area contributed by atoms with Crippen LogP contribution >= 0.6 is 0 Å². The molecule has 0 bridgehead atoms. The summed E-state index contributed by atoms with van der Waals surface area (Å²) in [5, 5.41) is 6.06. The molecule has 0 aromatic heterocycles. The minimum atomic E-state index is -0.333. The largest absolute Gasteiger partial charge is 1.00 e. The van der Waals surface area contributed by atoms with E-state index >= 15 is 0 Å². The van der Waals surface area contributed by atoms with Crippen LogP contribution in [0.25, 0.3) is 0 Å². The SMILES string of the molecule is N=C(N)N.[Na+].[c-]1ccccc1. The molecule has 0 atom stereocenters. The Balaban J connectivity index is 0. The van der Waals surface area contributed by atoms with Crippen LogP contribution in [0.5, 0.6) is 0 Å². The summed E-state index contributed by atoms with van der Waals surface area (Å²) in [6.07, 6.45) is 0. The van der Waals surface area contributed by atoms with Gasteiger partial charge in [0, 0.05) is 0 Å². The van der Waals surface area contributed by atoms with Gasteiger partial charge in [-0.25, -0.2) is 0 Å². The molecule has 4 heteroatoms. The third kappa shape index (κ3) is 17.7. The third-order valence-corrected chi connectivity index (χ3v) is 0.607. The first-order valence-corrected chi connectivity index (χ1v) is 2.74. The van der Waals surface area contributed by atoms with Crippen LogP contribution in [0.3, 0.4) is 0 Å². The van der Waals surface area contributed by atoms with Gasteiger partial charge in [0.2, 0.25) is 0 Å². The van der Waals surface area contributed by atoms with E-state index in [0.717, 1.165) is 0 Å². The molecular formula is C7H10N3Na. The number of nitrogens with two attached hydrogens (primary N) is 2. The van der Waals surface area contributed by atoms with E-state index in [-0.39, 0.29) is 35.5 Å². The fourth-order valence-electron chi connectivity index (χ4n) is 0.342. The second kappa shape index (κ2) is 9.49. The van der Waals surface area contributed by atoms with Gasteiger partial charge < -0.3 is 11.5 Å². The molecule has 0 aliphatic carbocycles. The van der Waals surface area contributed by atoms with Crippen molar-refractivity contribution >= 4 is 5.96 Å². The van der Waals surface area contributed by atoms with Crippen LogP contribution in [0.1, 0.15) is 0 Å². The first-order chi connectivity index (χ1) is 4.73. The maximum atomic E-state index is 6.06. The maximum absolute atomic E-state index is 6.06. The Labute approximate surface area is 88.6 Å². The number of nitrogens with one attached hydrogen (secondary N) is 1. The van der Waals surface area contributed by atoms with Crippen LogP contribution in [-0.4, -0.2) is 5.96 Å². The molecule has 1 aromatic carbocycles. The monoisotopic (exact) mass is 159 g/mol. The molecular weight excluding hydrogens is 149 g/mol. The number of benzene rings is 1. The van der Waals surface area contributed by atoms with Crippen LogP contribution in [0, 0.1) is 11.5 Å². The minimum absolute atomic E-state index is 0. The first-order valence-electron chi connectivity index (χ1n) is 2.74. The number of hydrogen-bond donors (Lipinski definition) is 3. The van der Waals surface area contributed by atoms with Gasteiger partial charge in [0.25, 0.3) is 0 Å². The Morgan fingerprint density at radius 2 is 1.45 bits per heavy atom. The van der Waals surface area contributed by atoms with Crippen molar-refractivity contribution in [1.29, 1.82) is 5.41 Å². The minimum Gasteiger partial charge on any atom is -0.370 e. The summed E-state index contributed by atoms with van der Waals surface area (Å²) in [5.74, 6) is -0.333.